The second-order valence-electron chi connectivity index (χ2n) is 10.9. The lowest BCUT2D eigenvalue weighted by atomic mass is 9.95. The van der Waals surface area contributed by atoms with Crippen molar-refractivity contribution in [1.29, 1.82) is 0 Å². The van der Waals surface area contributed by atoms with Gasteiger partial charge in [-0.15, -0.1) is 6.42 Å². The molecule has 192 valence electrons. The van der Waals surface area contributed by atoms with Crippen LogP contribution in [0.15, 0.2) is 24.3 Å². The average Bonchev–Trinajstić information content (AvgIpc) is 3.76. The van der Waals surface area contributed by atoms with Crippen LogP contribution in [0.2, 0.25) is 0 Å². The molecule has 4 fully saturated rings. The number of hydrogen-bond acceptors (Lipinski definition) is 6. The number of nitrogens with one attached hydrogen (secondary N) is 2. The van der Waals surface area contributed by atoms with E-state index in [1.54, 1.807) is 0 Å². The molecule has 2 aliphatic carbocycles. The highest BCUT2D eigenvalue weighted by Gasteiger charge is 2.56. The Hall–Kier alpha value is -3.74. The number of phenolic OH excluding ortho intramolecular Hbond substituents is 1. The quantitative estimate of drug-likeness (QED) is 0.352. The molecule has 0 radical (unpaired) electrons. The fourth-order valence-corrected chi connectivity index (χ4v) is 6.35. The molecule has 1 unspecified atom stereocenters. The number of phenols is 1. The molecule has 0 amide bonds. The Labute approximate surface area is 217 Å². The van der Waals surface area contributed by atoms with Gasteiger partial charge in [-0.2, -0.15) is 5.10 Å². The van der Waals surface area contributed by atoms with E-state index >= 15 is 4.39 Å². The lowest BCUT2D eigenvalue weighted by Crippen LogP contribution is -2.50. The van der Waals surface area contributed by atoms with Crippen LogP contribution in [0.4, 0.5) is 8.78 Å². The van der Waals surface area contributed by atoms with Gasteiger partial charge in [0.05, 0.1) is 22.7 Å². The molecule has 2 saturated carbocycles. The van der Waals surface area contributed by atoms with E-state index in [9.17, 15) is 9.50 Å². The molecule has 2 aromatic heterocycles. The molecule has 38 heavy (non-hydrogen) atoms. The van der Waals surface area contributed by atoms with Crippen molar-refractivity contribution in [3.05, 3.63) is 47.2 Å². The fraction of sp³-hybridized carbons (Fsp3) is 0.379. The standard InChI is InChI=1S/C29H25F2N5O2/c1-2-17-21(30)6-3-13-7-15(37)8-18(22(13)17)26-25(31)28-24(29(34-26)38-16-9-32-10-16)27(35-36(28)14-4-5-14)23-19-11-33-12-20(19)23/h1,3,6-8,14,16,19-20,23,32-33,37H,4-5,9-12H2/t19-,20+,23?. The normalized spacial score (nSPS) is 24.4. The molecule has 4 aliphatic rings. The predicted molar refractivity (Wildman–Crippen MR) is 138 cm³/mol. The number of hydrogen-bond donors (Lipinski definition) is 3. The molecule has 2 aliphatic heterocycles. The number of rotatable bonds is 5. The first-order valence-electron chi connectivity index (χ1n) is 13.2. The summed E-state index contributed by atoms with van der Waals surface area (Å²) in [6.07, 6.45) is 7.45. The number of piperidine rings is 1. The summed E-state index contributed by atoms with van der Waals surface area (Å²) < 4.78 is 39.7. The number of aromatic hydroxyl groups is 1. The number of benzene rings is 2. The number of aromatic nitrogens is 3. The van der Waals surface area contributed by atoms with Crippen molar-refractivity contribution in [1.82, 2.24) is 25.4 Å². The molecule has 4 heterocycles. The summed E-state index contributed by atoms with van der Waals surface area (Å²) in [6.45, 7) is 3.20. The van der Waals surface area contributed by atoms with Gasteiger partial charge in [0.2, 0.25) is 5.88 Å². The number of pyridine rings is 1. The molecule has 8 rings (SSSR count). The van der Waals surface area contributed by atoms with Crippen LogP contribution in [0, 0.1) is 35.8 Å². The zero-order valence-electron chi connectivity index (χ0n) is 20.5. The highest BCUT2D eigenvalue weighted by molar-refractivity contribution is 6.03. The highest BCUT2D eigenvalue weighted by atomic mass is 19.1. The molecule has 0 spiro atoms. The molecule has 9 heteroatoms. The Morgan fingerprint density at radius 3 is 2.50 bits per heavy atom. The first kappa shape index (κ1) is 22.3. The third kappa shape index (κ3) is 3.14. The number of nitrogens with zero attached hydrogens (tertiary/aromatic N) is 3. The summed E-state index contributed by atoms with van der Waals surface area (Å²) in [7, 11) is 0. The minimum atomic E-state index is -0.593. The van der Waals surface area contributed by atoms with Gasteiger partial charge in [0.15, 0.2) is 5.82 Å². The van der Waals surface area contributed by atoms with E-state index in [4.69, 9.17) is 21.2 Å². The van der Waals surface area contributed by atoms with Crippen LogP contribution in [-0.2, 0) is 0 Å². The minimum Gasteiger partial charge on any atom is -0.508 e. The van der Waals surface area contributed by atoms with Crippen molar-refractivity contribution in [2.24, 2.45) is 11.8 Å². The van der Waals surface area contributed by atoms with Gasteiger partial charge >= 0.3 is 0 Å². The molecule has 0 bridgehead atoms. The van der Waals surface area contributed by atoms with E-state index < -0.39 is 11.6 Å². The molecule has 2 aromatic carbocycles. The van der Waals surface area contributed by atoms with Crippen molar-refractivity contribution < 1.29 is 18.6 Å². The van der Waals surface area contributed by atoms with E-state index in [1.165, 1.54) is 24.3 Å². The number of halogens is 2. The molecular weight excluding hydrogens is 488 g/mol. The Kier molecular flexibility index (Phi) is 4.62. The van der Waals surface area contributed by atoms with Crippen molar-refractivity contribution in [2.75, 3.05) is 26.2 Å². The zero-order valence-corrected chi connectivity index (χ0v) is 20.5. The number of ether oxygens (including phenoxy) is 1. The van der Waals surface area contributed by atoms with E-state index in [0.717, 1.165) is 31.6 Å². The highest BCUT2D eigenvalue weighted by Crippen LogP contribution is 2.58. The molecule has 4 aromatic rings. The Morgan fingerprint density at radius 2 is 1.82 bits per heavy atom. The van der Waals surface area contributed by atoms with E-state index in [0.29, 0.717) is 52.5 Å². The molecule has 3 N–H and O–H groups in total. The van der Waals surface area contributed by atoms with Gasteiger partial charge in [-0.3, -0.25) is 4.68 Å². The third-order valence-corrected chi connectivity index (χ3v) is 8.55. The molecular formula is C29H25F2N5O2. The molecule has 3 atom stereocenters. The van der Waals surface area contributed by atoms with Gasteiger partial charge in [-0.25, -0.2) is 13.8 Å². The van der Waals surface area contributed by atoms with Crippen LogP contribution < -0.4 is 15.4 Å². The summed E-state index contributed by atoms with van der Waals surface area (Å²) in [5.41, 5.74) is 1.41. The van der Waals surface area contributed by atoms with Crippen LogP contribution in [-0.4, -0.2) is 52.2 Å². The van der Waals surface area contributed by atoms with Crippen molar-refractivity contribution >= 4 is 21.7 Å². The first-order valence-corrected chi connectivity index (χ1v) is 13.2. The summed E-state index contributed by atoms with van der Waals surface area (Å²) in [6, 6.07) is 5.77. The zero-order chi connectivity index (χ0) is 25.7. The third-order valence-electron chi connectivity index (χ3n) is 8.55. The summed E-state index contributed by atoms with van der Waals surface area (Å²) in [5, 5.41) is 23.6. The van der Waals surface area contributed by atoms with E-state index in [2.05, 4.69) is 16.6 Å². The van der Waals surface area contributed by atoms with Gasteiger partial charge < -0.3 is 20.5 Å². The van der Waals surface area contributed by atoms with Crippen molar-refractivity contribution in [3.8, 4) is 35.2 Å². The van der Waals surface area contributed by atoms with Crippen LogP contribution in [0.25, 0.3) is 32.9 Å². The SMILES string of the molecule is C#Cc1c(F)ccc2cc(O)cc(-c3nc(OC4CNC4)c4c(C5[C@H]6CNC[C@@H]56)nn(C5CC5)c4c3F)c12. The Morgan fingerprint density at radius 1 is 1.05 bits per heavy atom. The second kappa shape index (κ2) is 7.88. The van der Waals surface area contributed by atoms with Gasteiger partial charge in [-0.1, -0.05) is 12.0 Å². The monoisotopic (exact) mass is 513 g/mol. The lowest BCUT2D eigenvalue weighted by molar-refractivity contribution is 0.138. The molecule has 7 nitrogen and oxygen atoms in total. The van der Waals surface area contributed by atoms with Gasteiger partial charge in [0.1, 0.15) is 28.9 Å². The summed E-state index contributed by atoms with van der Waals surface area (Å²) in [4.78, 5) is 4.75. The topological polar surface area (TPSA) is 84.2 Å². The van der Waals surface area contributed by atoms with E-state index in [1.807, 2.05) is 4.68 Å². The van der Waals surface area contributed by atoms with Gasteiger partial charge in [-0.05, 0) is 61.4 Å². The average molecular weight is 514 g/mol. The van der Waals surface area contributed by atoms with Crippen LogP contribution >= 0.6 is 0 Å². The lowest BCUT2D eigenvalue weighted by Gasteiger charge is -2.28. The molecule has 2 saturated heterocycles. The maximum atomic E-state index is 16.8. The van der Waals surface area contributed by atoms with Crippen molar-refractivity contribution in [2.45, 2.75) is 30.9 Å². The van der Waals surface area contributed by atoms with Gasteiger partial charge in [0, 0.05) is 30.0 Å². The van der Waals surface area contributed by atoms with E-state index in [-0.39, 0.29) is 40.6 Å². The second-order valence-corrected chi connectivity index (χ2v) is 10.9. The van der Waals surface area contributed by atoms with Gasteiger partial charge in [0.25, 0.3) is 0 Å². The minimum absolute atomic E-state index is 0.000784. The van der Waals surface area contributed by atoms with Crippen LogP contribution in [0.5, 0.6) is 11.6 Å². The first-order chi connectivity index (χ1) is 18.5. The van der Waals surface area contributed by atoms with Crippen LogP contribution in [0.3, 0.4) is 0 Å². The largest absolute Gasteiger partial charge is 0.508 e. The van der Waals surface area contributed by atoms with Crippen LogP contribution in [0.1, 0.15) is 36.1 Å². The number of fused-ring (bicyclic) bond motifs is 3. The maximum Gasteiger partial charge on any atom is 0.226 e. The smallest absolute Gasteiger partial charge is 0.226 e. The predicted octanol–water partition coefficient (Wildman–Crippen LogP) is 3.83. The summed E-state index contributed by atoms with van der Waals surface area (Å²) >= 11 is 0. The fourth-order valence-electron chi connectivity index (χ4n) is 6.35. The Bertz CT molecular complexity index is 1690. The maximum absolute atomic E-state index is 16.8. The Balaban J connectivity index is 1.43. The van der Waals surface area contributed by atoms with Crippen molar-refractivity contribution in [3.63, 3.8) is 0 Å². The number of terminal acetylenes is 1. The summed E-state index contributed by atoms with van der Waals surface area (Å²) in [5.74, 6) is 2.71.